The maximum Gasteiger partial charge on any atom is 0.253 e. The first-order valence-electron chi connectivity index (χ1n) is 6.58. The molecular weight excluding hydrogens is 252 g/mol. The third kappa shape index (κ3) is 3.54. The number of nitrogens with one attached hydrogen (secondary N) is 2. The van der Waals surface area contributed by atoms with E-state index in [1.807, 2.05) is 19.9 Å². The Bertz CT molecular complexity index is 581. The summed E-state index contributed by atoms with van der Waals surface area (Å²) in [6, 6.07) is 5.48. The standard InChI is InChI=1S/C15H18N4O/c1-3-17-14-5-4-12(9-18-14)15(20)19-10-13-8-16-7-6-11(13)2/h4-9H,3,10H2,1-2H3,(H,17,18)(H,19,20). The molecule has 104 valence electrons. The largest absolute Gasteiger partial charge is 0.370 e. The summed E-state index contributed by atoms with van der Waals surface area (Å²) in [6.07, 6.45) is 5.08. The summed E-state index contributed by atoms with van der Waals surface area (Å²) in [5, 5.41) is 5.96. The van der Waals surface area contributed by atoms with Crippen LogP contribution in [0.3, 0.4) is 0 Å². The normalized spacial score (nSPS) is 10.1. The van der Waals surface area contributed by atoms with Crippen molar-refractivity contribution in [2.75, 3.05) is 11.9 Å². The van der Waals surface area contributed by atoms with E-state index in [9.17, 15) is 4.79 Å². The van der Waals surface area contributed by atoms with Crippen molar-refractivity contribution in [3.63, 3.8) is 0 Å². The monoisotopic (exact) mass is 270 g/mol. The Balaban J connectivity index is 1.96. The van der Waals surface area contributed by atoms with Gasteiger partial charge in [0.15, 0.2) is 0 Å². The number of aryl methyl sites for hydroxylation is 1. The van der Waals surface area contributed by atoms with E-state index in [0.29, 0.717) is 12.1 Å². The van der Waals surface area contributed by atoms with Gasteiger partial charge < -0.3 is 10.6 Å². The summed E-state index contributed by atoms with van der Waals surface area (Å²) in [5.74, 6) is 0.635. The van der Waals surface area contributed by atoms with E-state index in [1.165, 1.54) is 0 Å². The van der Waals surface area contributed by atoms with E-state index in [-0.39, 0.29) is 5.91 Å². The predicted octanol–water partition coefficient (Wildman–Crippen LogP) is 2.15. The zero-order valence-corrected chi connectivity index (χ0v) is 11.7. The Morgan fingerprint density at radius 3 is 2.75 bits per heavy atom. The molecule has 2 rings (SSSR count). The Hall–Kier alpha value is -2.43. The number of hydrogen-bond donors (Lipinski definition) is 2. The van der Waals surface area contributed by atoms with Gasteiger partial charge in [-0.2, -0.15) is 0 Å². The molecule has 0 aliphatic rings. The van der Waals surface area contributed by atoms with Crippen LogP contribution in [0.2, 0.25) is 0 Å². The highest BCUT2D eigenvalue weighted by atomic mass is 16.1. The van der Waals surface area contributed by atoms with Crippen LogP contribution in [0.4, 0.5) is 5.82 Å². The summed E-state index contributed by atoms with van der Waals surface area (Å²) < 4.78 is 0. The van der Waals surface area contributed by atoms with Crippen molar-refractivity contribution in [1.82, 2.24) is 15.3 Å². The van der Waals surface area contributed by atoms with Crippen molar-refractivity contribution >= 4 is 11.7 Å². The fourth-order valence-corrected chi connectivity index (χ4v) is 1.77. The molecule has 0 atom stereocenters. The SMILES string of the molecule is CCNc1ccc(C(=O)NCc2cnccc2C)cn1. The van der Waals surface area contributed by atoms with E-state index in [2.05, 4.69) is 20.6 Å². The maximum atomic E-state index is 12.0. The number of aromatic nitrogens is 2. The highest BCUT2D eigenvalue weighted by Crippen LogP contribution is 2.07. The van der Waals surface area contributed by atoms with Crippen LogP contribution in [0.25, 0.3) is 0 Å². The minimum absolute atomic E-state index is 0.135. The summed E-state index contributed by atoms with van der Waals surface area (Å²) in [4.78, 5) is 20.2. The molecule has 20 heavy (non-hydrogen) atoms. The number of pyridine rings is 2. The molecule has 5 nitrogen and oxygen atoms in total. The lowest BCUT2D eigenvalue weighted by Crippen LogP contribution is -2.23. The van der Waals surface area contributed by atoms with Gasteiger partial charge in [0.25, 0.3) is 5.91 Å². The second kappa shape index (κ2) is 6.65. The van der Waals surface area contributed by atoms with Gasteiger partial charge in [-0.1, -0.05) is 0 Å². The fraction of sp³-hybridized carbons (Fsp3) is 0.267. The molecule has 5 heteroatoms. The van der Waals surface area contributed by atoms with E-state index >= 15 is 0 Å². The molecule has 0 aliphatic heterocycles. The third-order valence-corrected chi connectivity index (χ3v) is 2.97. The first-order valence-corrected chi connectivity index (χ1v) is 6.58. The Morgan fingerprint density at radius 2 is 2.10 bits per heavy atom. The number of amides is 1. The molecular formula is C15H18N4O. The minimum atomic E-state index is -0.135. The number of carbonyl (C=O) groups excluding carboxylic acids is 1. The second-order valence-electron chi connectivity index (χ2n) is 4.45. The van der Waals surface area contributed by atoms with Gasteiger partial charge >= 0.3 is 0 Å². The van der Waals surface area contributed by atoms with E-state index in [0.717, 1.165) is 23.5 Å². The molecule has 0 saturated carbocycles. The van der Waals surface area contributed by atoms with Crippen molar-refractivity contribution in [1.29, 1.82) is 0 Å². The number of anilines is 1. The Labute approximate surface area is 118 Å². The smallest absolute Gasteiger partial charge is 0.253 e. The first kappa shape index (κ1) is 14.0. The lowest BCUT2D eigenvalue weighted by Gasteiger charge is -2.08. The van der Waals surface area contributed by atoms with Gasteiger partial charge in [0.2, 0.25) is 0 Å². The minimum Gasteiger partial charge on any atom is -0.370 e. The van der Waals surface area contributed by atoms with E-state index in [1.54, 1.807) is 30.7 Å². The van der Waals surface area contributed by atoms with Gasteiger partial charge in [-0.25, -0.2) is 4.98 Å². The summed E-state index contributed by atoms with van der Waals surface area (Å²) in [5.41, 5.74) is 2.67. The van der Waals surface area contributed by atoms with Crippen LogP contribution >= 0.6 is 0 Å². The Morgan fingerprint density at radius 1 is 1.25 bits per heavy atom. The molecule has 0 bridgehead atoms. The van der Waals surface area contributed by atoms with Gasteiger partial charge in [0.1, 0.15) is 5.82 Å². The molecule has 0 aliphatic carbocycles. The fourth-order valence-electron chi connectivity index (χ4n) is 1.77. The average Bonchev–Trinajstić information content (AvgIpc) is 2.47. The summed E-state index contributed by atoms with van der Waals surface area (Å²) in [6.45, 7) is 5.26. The number of hydrogen-bond acceptors (Lipinski definition) is 4. The number of rotatable bonds is 5. The molecule has 0 fully saturated rings. The molecule has 2 aromatic heterocycles. The van der Waals surface area contributed by atoms with Crippen LogP contribution in [0.1, 0.15) is 28.4 Å². The van der Waals surface area contributed by atoms with Gasteiger partial charge in [-0.3, -0.25) is 9.78 Å². The topological polar surface area (TPSA) is 66.9 Å². The highest BCUT2D eigenvalue weighted by Gasteiger charge is 2.06. The van der Waals surface area contributed by atoms with Crippen LogP contribution in [-0.2, 0) is 6.54 Å². The Kier molecular flexibility index (Phi) is 4.65. The van der Waals surface area contributed by atoms with Crippen LogP contribution < -0.4 is 10.6 Å². The first-order chi connectivity index (χ1) is 9.70. The lowest BCUT2D eigenvalue weighted by atomic mass is 10.1. The molecule has 2 heterocycles. The molecule has 0 spiro atoms. The van der Waals surface area contributed by atoms with Crippen molar-refractivity contribution in [2.24, 2.45) is 0 Å². The van der Waals surface area contributed by atoms with Crippen molar-refractivity contribution < 1.29 is 4.79 Å². The zero-order chi connectivity index (χ0) is 14.4. The molecule has 0 aromatic carbocycles. The van der Waals surface area contributed by atoms with Crippen LogP contribution in [0.15, 0.2) is 36.8 Å². The van der Waals surface area contributed by atoms with Crippen molar-refractivity contribution in [2.45, 2.75) is 20.4 Å². The highest BCUT2D eigenvalue weighted by molar-refractivity contribution is 5.94. The molecule has 0 saturated heterocycles. The van der Waals surface area contributed by atoms with Gasteiger partial charge in [0, 0.05) is 31.7 Å². The van der Waals surface area contributed by atoms with Crippen LogP contribution in [-0.4, -0.2) is 22.4 Å². The second-order valence-corrected chi connectivity index (χ2v) is 4.45. The van der Waals surface area contributed by atoms with Gasteiger partial charge in [-0.15, -0.1) is 0 Å². The zero-order valence-electron chi connectivity index (χ0n) is 11.7. The van der Waals surface area contributed by atoms with Crippen LogP contribution in [0, 0.1) is 6.92 Å². The average molecular weight is 270 g/mol. The maximum absolute atomic E-state index is 12.0. The quantitative estimate of drug-likeness (QED) is 0.873. The number of carbonyl (C=O) groups is 1. The molecule has 1 amide bonds. The van der Waals surface area contributed by atoms with Crippen molar-refractivity contribution in [3.05, 3.63) is 53.5 Å². The van der Waals surface area contributed by atoms with Crippen LogP contribution in [0.5, 0.6) is 0 Å². The molecule has 2 N–H and O–H groups in total. The third-order valence-electron chi connectivity index (χ3n) is 2.97. The molecule has 0 unspecified atom stereocenters. The van der Waals surface area contributed by atoms with E-state index < -0.39 is 0 Å². The van der Waals surface area contributed by atoms with Gasteiger partial charge in [-0.05, 0) is 43.2 Å². The van der Waals surface area contributed by atoms with E-state index in [4.69, 9.17) is 0 Å². The summed E-state index contributed by atoms with van der Waals surface area (Å²) in [7, 11) is 0. The summed E-state index contributed by atoms with van der Waals surface area (Å²) >= 11 is 0. The molecule has 0 radical (unpaired) electrons. The van der Waals surface area contributed by atoms with Crippen molar-refractivity contribution in [3.8, 4) is 0 Å². The molecule has 2 aromatic rings. The number of nitrogens with zero attached hydrogens (tertiary/aromatic N) is 2. The lowest BCUT2D eigenvalue weighted by molar-refractivity contribution is 0.0950. The predicted molar refractivity (Wildman–Crippen MR) is 78.5 cm³/mol. The van der Waals surface area contributed by atoms with Gasteiger partial charge in [0.05, 0.1) is 5.56 Å².